The molecule has 0 radical (unpaired) electrons. The van der Waals surface area contributed by atoms with Gasteiger partial charge < -0.3 is 19.3 Å². The maximum Gasteiger partial charge on any atom is 0.475 e. The maximum atomic E-state index is 17.7. The quantitative estimate of drug-likeness (QED) is 0.0135. The number of nitrogens with one attached hydrogen (secondary N) is 1. The van der Waals surface area contributed by atoms with E-state index in [4.69, 9.17) is 32.1 Å². The number of hydrogen-bond donors (Lipinski definition) is 1. The molecular weight excluding hydrogens is 1040 g/mol. The molecular formula is C56H65F4N4O11P2+. The maximum absolute atomic E-state index is 17.7. The number of amides is 1. The lowest BCUT2D eigenvalue weighted by molar-refractivity contribution is -0.140. The number of fused-ring (bicyclic) bond motifs is 4. The Kier molecular flexibility index (Phi) is 17.1. The van der Waals surface area contributed by atoms with Crippen molar-refractivity contribution in [2.24, 2.45) is 0 Å². The van der Waals surface area contributed by atoms with E-state index < -0.39 is 72.9 Å². The number of carbonyl (C=O) groups is 2. The van der Waals surface area contributed by atoms with Crippen LogP contribution in [-0.2, 0) is 54.1 Å². The first kappa shape index (κ1) is 57.4. The number of hydrogen-bond acceptors (Lipinski definition) is 12. The molecule has 0 saturated carbocycles. The molecule has 1 N–H and O–H groups in total. The monoisotopic (exact) mass is 1110 g/mol. The Morgan fingerprint density at radius 3 is 2.09 bits per heavy atom. The fraction of sp³-hybridized carbons (Fsp3) is 0.411. The standard InChI is InChI=1S/C56H65F4N4O11P2/c1-11-24-70-76(67,71-25-12-2)61-32-34-30-55(5,6)63-22-15-18-36-50(63)38(34)28-40-43(44-45(47(58)49(60)48(59)46(44)57)54(66)62(9)21-17-20-42(65)69-10)41-29-39-35(33-74-77(68,72-26-13-3)73-27-14-4)31-56(7,8)64-23-16-19-37(51(39)64)53(41)75-52(36)40/h11-14,28-31H,1-4,15-27,32-33H2,5-10H3,(H,61,67)/q+1. The van der Waals surface area contributed by atoms with E-state index in [0.29, 0.717) is 77.9 Å². The minimum absolute atomic E-state index is 0.0352. The van der Waals surface area contributed by atoms with Crippen LogP contribution in [0.25, 0.3) is 16.7 Å². The van der Waals surface area contributed by atoms with Crippen LogP contribution < -0.4 is 29.9 Å². The number of carbonyl (C=O) groups excluding carboxylic acids is 2. The first-order valence-corrected chi connectivity index (χ1v) is 28.3. The molecule has 77 heavy (non-hydrogen) atoms. The molecule has 412 valence electrons. The fourth-order valence-corrected chi connectivity index (χ4v) is 13.2. The van der Waals surface area contributed by atoms with Gasteiger partial charge in [0.05, 0.1) is 68.1 Å². The van der Waals surface area contributed by atoms with E-state index in [9.17, 15) is 18.7 Å². The first-order chi connectivity index (χ1) is 36.6. The van der Waals surface area contributed by atoms with Gasteiger partial charge in [-0.2, -0.15) is 0 Å². The summed E-state index contributed by atoms with van der Waals surface area (Å²) in [5.41, 5.74) is 0.693. The van der Waals surface area contributed by atoms with Crippen molar-refractivity contribution in [1.29, 1.82) is 0 Å². The molecule has 21 heteroatoms. The minimum Gasteiger partial charge on any atom is -0.469 e. The van der Waals surface area contributed by atoms with Crippen LogP contribution in [0.1, 0.15) is 97.1 Å². The van der Waals surface area contributed by atoms with E-state index in [0.717, 1.165) is 10.3 Å². The van der Waals surface area contributed by atoms with E-state index in [1.54, 1.807) is 12.1 Å². The van der Waals surface area contributed by atoms with Gasteiger partial charge in [-0.3, -0.25) is 32.2 Å². The van der Waals surface area contributed by atoms with Crippen LogP contribution in [0.15, 0.2) is 74.9 Å². The summed E-state index contributed by atoms with van der Waals surface area (Å²) >= 11 is 0. The van der Waals surface area contributed by atoms with Crippen molar-refractivity contribution in [2.45, 2.75) is 77.3 Å². The number of methoxy groups -OCH3 is 1. The Balaban J connectivity index is 1.47. The lowest BCUT2D eigenvalue weighted by atomic mass is 9.78. The average molecular weight is 1110 g/mol. The Hall–Kier alpha value is -5.75. The minimum atomic E-state index is -4.27. The van der Waals surface area contributed by atoms with Gasteiger partial charge in [0.15, 0.2) is 28.8 Å². The van der Waals surface area contributed by atoms with E-state index >= 15 is 17.6 Å². The van der Waals surface area contributed by atoms with Crippen molar-refractivity contribution in [3.8, 4) is 11.5 Å². The van der Waals surface area contributed by atoms with Crippen LogP contribution in [0, 0.1) is 23.3 Å². The zero-order valence-electron chi connectivity index (χ0n) is 44.3. The number of phosphoric ester groups is 1. The van der Waals surface area contributed by atoms with E-state index in [2.05, 4.69) is 40.9 Å². The Morgan fingerprint density at radius 2 is 1.44 bits per heavy atom. The third kappa shape index (κ3) is 11.0. The van der Waals surface area contributed by atoms with Crippen molar-refractivity contribution < 1.29 is 68.4 Å². The van der Waals surface area contributed by atoms with Crippen molar-refractivity contribution >= 4 is 49.9 Å². The van der Waals surface area contributed by atoms with Crippen LogP contribution >= 0.6 is 15.6 Å². The van der Waals surface area contributed by atoms with Crippen LogP contribution in [0.4, 0.5) is 23.2 Å². The van der Waals surface area contributed by atoms with E-state index in [1.165, 1.54) is 38.5 Å². The third-order valence-electron chi connectivity index (χ3n) is 14.2. The summed E-state index contributed by atoms with van der Waals surface area (Å²) in [4.78, 5) is 30.1. The molecule has 1 amide bonds. The molecule has 0 bridgehead atoms. The zero-order valence-corrected chi connectivity index (χ0v) is 46.1. The van der Waals surface area contributed by atoms with Gasteiger partial charge in [0.25, 0.3) is 5.91 Å². The zero-order chi connectivity index (χ0) is 55.8. The van der Waals surface area contributed by atoms with Gasteiger partial charge in [0.1, 0.15) is 18.0 Å². The van der Waals surface area contributed by atoms with Gasteiger partial charge in [-0.25, -0.2) is 36.4 Å². The largest absolute Gasteiger partial charge is 0.475 e. The SMILES string of the molecule is C=CCOP(=O)(NCC1=CC(C)(C)[N+]2=c3c1cc1c(c3CCC2)Oc2c(cc3c4c2CCCN4C(C)(C)C=C3COP(=O)(OCC=C)OCC=C)C=1c1c(F)c(F)c(F)c(F)c1C(=O)N(C)CCCC(=O)OC)OCC=C. The summed E-state index contributed by atoms with van der Waals surface area (Å²) in [5.74, 6) is -9.48. The number of phosphoric acid groups is 1. The number of anilines is 1. The Morgan fingerprint density at radius 1 is 0.805 bits per heavy atom. The summed E-state index contributed by atoms with van der Waals surface area (Å²) in [6.45, 7) is 22.7. The first-order valence-electron chi connectivity index (χ1n) is 25.3. The van der Waals surface area contributed by atoms with E-state index in [1.807, 2.05) is 39.8 Å². The van der Waals surface area contributed by atoms with Crippen molar-refractivity contribution in [2.75, 3.05) is 78.3 Å². The molecule has 5 aliphatic heterocycles. The summed E-state index contributed by atoms with van der Waals surface area (Å²) in [7, 11) is -5.81. The molecule has 8 rings (SSSR count). The molecule has 3 aromatic carbocycles. The summed E-state index contributed by atoms with van der Waals surface area (Å²) in [5, 5.41) is 3.83. The molecule has 0 aromatic heterocycles. The number of halogens is 4. The van der Waals surface area contributed by atoms with Crippen LogP contribution in [0.3, 0.4) is 0 Å². The molecule has 0 fully saturated rings. The molecule has 5 heterocycles. The molecule has 3 aromatic rings. The second kappa shape index (κ2) is 22.9. The van der Waals surface area contributed by atoms with E-state index in [-0.39, 0.29) is 86.8 Å². The van der Waals surface area contributed by atoms with Crippen LogP contribution in [0.5, 0.6) is 11.5 Å². The van der Waals surface area contributed by atoms with Crippen LogP contribution in [0.2, 0.25) is 0 Å². The van der Waals surface area contributed by atoms with Crippen LogP contribution in [-0.4, -0.2) is 101 Å². The van der Waals surface area contributed by atoms with Gasteiger partial charge in [-0.05, 0) is 68.9 Å². The third-order valence-corrected chi connectivity index (χ3v) is 17.1. The van der Waals surface area contributed by atoms with Crippen molar-refractivity contribution in [1.82, 2.24) is 14.6 Å². The second-order valence-electron chi connectivity index (χ2n) is 20.2. The van der Waals surface area contributed by atoms with Gasteiger partial charge in [0, 0.05) is 86.4 Å². The smallest absolute Gasteiger partial charge is 0.469 e. The highest BCUT2D eigenvalue weighted by atomic mass is 31.2. The molecule has 0 spiro atoms. The van der Waals surface area contributed by atoms with Gasteiger partial charge in [-0.15, -0.1) is 26.3 Å². The van der Waals surface area contributed by atoms with Crippen molar-refractivity contribution in [3.63, 3.8) is 0 Å². The lowest BCUT2D eigenvalue weighted by Crippen LogP contribution is -2.54. The van der Waals surface area contributed by atoms with Gasteiger partial charge in [-0.1, -0.05) is 30.4 Å². The molecule has 0 saturated heterocycles. The topological polar surface area (TPSA) is 154 Å². The summed E-state index contributed by atoms with van der Waals surface area (Å²) < 4.78 is 138. The number of rotatable bonds is 24. The number of benzene rings is 3. The van der Waals surface area contributed by atoms with Crippen molar-refractivity contribution in [3.05, 3.63) is 148 Å². The number of nitrogens with zero attached hydrogens (tertiary/aromatic N) is 3. The average Bonchev–Trinajstić information content (AvgIpc) is 3.51. The molecule has 5 aliphatic rings. The fourth-order valence-electron chi connectivity index (χ4n) is 10.8. The second-order valence-corrected chi connectivity index (χ2v) is 23.7. The summed E-state index contributed by atoms with van der Waals surface area (Å²) in [6, 6.07) is 3.34. The predicted molar refractivity (Wildman–Crippen MR) is 286 cm³/mol. The normalized spacial score (nSPS) is 16.7. The van der Waals surface area contributed by atoms with Gasteiger partial charge >= 0.3 is 21.5 Å². The number of esters is 1. The summed E-state index contributed by atoms with van der Waals surface area (Å²) in [6.07, 6.45) is 11.5. The number of ether oxygens (including phenoxy) is 2. The Labute approximate surface area is 446 Å². The highest BCUT2D eigenvalue weighted by molar-refractivity contribution is 7.51. The molecule has 15 nitrogen and oxygen atoms in total. The molecule has 0 unspecified atom stereocenters. The van der Waals surface area contributed by atoms with Gasteiger partial charge in [0.2, 0.25) is 5.36 Å². The molecule has 0 atom stereocenters. The predicted octanol–water partition coefficient (Wildman–Crippen LogP) is 9.80. The lowest BCUT2D eigenvalue weighted by Gasteiger charge is -2.47. The molecule has 0 aliphatic carbocycles. The highest BCUT2D eigenvalue weighted by Gasteiger charge is 2.45. The Bertz CT molecular complexity index is 3250. The highest BCUT2D eigenvalue weighted by Crippen LogP contribution is 2.55.